The summed E-state index contributed by atoms with van der Waals surface area (Å²) in [5.41, 5.74) is 9.58. The minimum absolute atomic E-state index is 0.317. The van der Waals surface area contributed by atoms with Gasteiger partial charge in [-0.05, 0) is 77.4 Å². The van der Waals surface area contributed by atoms with Crippen LogP contribution in [0.3, 0.4) is 0 Å². The fourth-order valence-electron chi connectivity index (χ4n) is 5.61. The van der Waals surface area contributed by atoms with Crippen LogP contribution in [0, 0.1) is 34.0 Å². The molecule has 7 rings (SSSR count). The average molecular weight is 563 g/mol. The SMILES string of the molecule is N#Cc1ccc(-c2ccc(N(c3ccc(-c4cccc5c4oc4ccccc45)cc3)c3ccc(C#N)c(C#N)c3)cc2)cc1. The van der Waals surface area contributed by atoms with Crippen LogP contribution in [0.15, 0.2) is 138 Å². The largest absolute Gasteiger partial charge is 0.455 e. The molecule has 0 atom stereocenters. The molecule has 0 spiro atoms. The predicted octanol–water partition coefficient (Wildman–Crippen LogP) is 10.0. The molecule has 0 aliphatic carbocycles. The van der Waals surface area contributed by atoms with Crippen molar-refractivity contribution in [2.45, 2.75) is 0 Å². The van der Waals surface area contributed by atoms with Crippen LogP contribution in [0.4, 0.5) is 17.1 Å². The number of fused-ring (bicyclic) bond motifs is 3. The van der Waals surface area contributed by atoms with E-state index in [0.29, 0.717) is 16.7 Å². The van der Waals surface area contributed by atoms with Gasteiger partial charge in [0.15, 0.2) is 0 Å². The number of anilines is 3. The van der Waals surface area contributed by atoms with Crippen LogP contribution in [-0.4, -0.2) is 0 Å². The lowest BCUT2D eigenvalue weighted by Crippen LogP contribution is -2.10. The van der Waals surface area contributed by atoms with E-state index in [9.17, 15) is 10.5 Å². The second-order valence-corrected chi connectivity index (χ2v) is 10.4. The number of benzene rings is 6. The highest BCUT2D eigenvalue weighted by molar-refractivity contribution is 6.09. The molecule has 44 heavy (non-hydrogen) atoms. The molecule has 7 aromatic rings. The van der Waals surface area contributed by atoms with Gasteiger partial charge in [0.25, 0.3) is 0 Å². The lowest BCUT2D eigenvalue weighted by molar-refractivity contribution is 0.670. The molecule has 0 unspecified atom stereocenters. The van der Waals surface area contributed by atoms with Gasteiger partial charge in [0.2, 0.25) is 0 Å². The van der Waals surface area contributed by atoms with Crippen LogP contribution in [0.5, 0.6) is 0 Å². The van der Waals surface area contributed by atoms with Crippen LogP contribution >= 0.6 is 0 Å². The summed E-state index contributed by atoms with van der Waals surface area (Å²) in [6.45, 7) is 0. The molecule has 5 nitrogen and oxygen atoms in total. The first kappa shape index (κ1) is 26.3. The summed E-state index contributed by atoms with van der Waals surface area (Å²) >= 11 is 0. The molecule has 0 bridgehead atoms. The first-order valence-electron chi connectivity index (χ1n) is 14.0. The molecule has 0 amide bonds. The molecule has 0 radical (unpaired) electrons. The zero-order chi connectivity index (χ0) is 30.0. The first-order chi connectivity index (χ1) is 21.7. The number of nitriles is 3. The summed E-state index contributed by atoms with van der Waals surface area (Å²) in [4.78, 5) is 2.07. The van der Waals surface area contributed by atoms with Crippen molar-refractivity contribution >= 4 is 39.0 Å². The maximum atomic E-state index is 9.75. The molecule has 1 heterocycles. The Balaban J connectivity index is 1.31. The fourth-order valence-corrected chi connectivity index (χ4v) is 5.61. The van der Waals surface area contributed by atoms with Crippen LogP contribution in [0.25, 0.3) is 44.2 Å². The van der Waals surface area contributed by atoms with E-state index in [4.69, 9.17) is 9.68 Å². The molecule has 5 heteroatoms. The molecule has 0 saturated heterocycles. The Hall–Kier alpha value is -6.61. The van der Waals surface area contributed by atoms with Gasteiger partial charge in [-0.2, -0.15) is 15.8 Å². The molecule has 6 aromatic carbocycles. The highest BCUT2D eigenvalue weighted by atomic mass is 16.3. The maximum Gasteiger partial charge on any atom is 0.143 e. The Labute approximate surface area is 254 Å². The van der Waals surface area contributed by atoms with E-state index in [1.165, 1.54) is 0 Å². The molecule has 1 aromatic heterocycles. The second kappa shape index (κ2) is 11.0. The first-order valence-corrected chi connectivity index (χ1v) is 14.0. The summed E-state index contributed by atoms with van der Waals surface area (Å²) < 4.78 is 6.28. The molecule has 0 aliphatic rings. The van der Waals surface area contributed by atoms with Crippen molar-refractivity contribution in [3.05, 3.63) is 150 Å². The van der Waals surface area contributed by atoms with E-state index in [2.05, 4.69) is 71.6 Å². The monoisotopic (exact) mass is 562 g/mol. The second-order valence-electron chi connectivity index (χ2n) is 10.4. The molecule has 0 aliphatic heterocycles. The third-order valence-corrected chi connectivity index (χ3v) is 7.82. The average Bonchev–Trinajstić information content (AvgIpc) is 3.48. The van der Waals surface area contributed by atoms with Gasteiger partial charge in [-0.25, -0.2) is 0 Å². The van der Waals surface area contributed by atoms with Crippen LogP contribution in [0.1, 0.15) is 16.7 Å². The summed E-state index contributed by atoms with van der Waals surface area (Å²) in [6, 6.07) is 49.8. The van der Waals surface area contributed by atoms with Crippen molar-refractivity contribution in [1.29, 1.82) is 15.8 Å². The number of hydrogen-bond acceptors (Lipinski definition) is 5. The minimum Gasteiger partial charge on any atom is -0.455 e. The topological polar surface area (TPSA) is 87.8 Å². The van der Waals surface area contributed by atoms with E-state index < -0.39 is 0 Å². The van der Waals surface area contributed by atoms with Gasteiger partial charge in [0.1, 0.15) is 23.3 Å². The van der Waals surface area contributed by atoms with Crippen LogP contribution in [-0.2, 0) is 0 Å². The molecule has 204 valence electrons. The molecule has 0 N–H and O–H groups in total. The van der Waals surface area contributed by atoms with Crippen molar-refractivity contribution in [2.75, 3.05) is 4.90 Å². The van der Waals surface area contributed by atoms with Crippen LogP contribution in [0.2, 0.25) is 0 Å². The van der Waals surface area contributed by atoms with E-state index in [-0.39, 0.29) is 0 Å². The zero-order valence-electron chi connectivity index (χ0n) is 23.4. The van der Waals surface area contributed by atoms with Crippen molar-refractivity contribution in [2.24, 2.45) is 0 Å². The summed E-state index contributed by atoms with van der Waals surface area (Å²) in [7, 11) is 0. The Morgan fingerprint density at radius 3 is 1.73 bits per heavy atom. The van der Waals surface area contributed by atoms with Crippen molar-refractivity contribution in [1.82, 2.24) is 0 Å². The molecular formula is C39H22N4O. The standard InChI is InChI=1S/C39H22N4O/c40-23-26-8-10-27(11-9-26)28-12-17-32(18-13-28)43(34-21-16-30(24-41)31(22-34)25-42)33-19-14-29(15-20-33)35-5-3-6-37-36-4-1-2-7-38(36)44-39(35)37/h1-22H. The smallest absolute Gasteiger partial charge is 0.143 e. The Morgan fingerprint density at radius 2 is 1.07 bits per heavy atom. The molecule has 0 fully saturated rings. The van der Waals surface area contributed by atoms with Gasteiger partial charge in [-0.15, -0.1) is 0 Å². The van der Waals surface area contributed by atoms with E-state index in [1.54, 1.807) is 12.1 Å². The lowest BCUT2D eigenvalue weighted by Gasteiger charge is -2.26. The van der Waals surface area contributed by atoms with Crippen molar-refractivity contribution in [3.63, 3.8) is 0 Å². The van der Waals surface area contributed by atoms with Crippen LogP contribution < -0.4 is 4.90 Å². The number of rotatable bonds is 5. The Morgan fingerprint density at radius 1 is 0.477 bits per heavy atom. The third kappa shape index (κ3) is 4.60. The fraction of sp³-hybridized carbons (Fsp3) is 0. The van der Waals surface area contributed by atoms with Gasteiger partial charge in [0, 0.05) is 33.4 Å². The van der Waals surface area contributed by atoms with E-state index >= 15 is 0 Å². The lowest BCUT2D eigenvalue weighted by atomic mass is 10.0. The van der Waals surface area contributed by atoms with Gasteiger partial charge in [0.05, 0.1) is 22.8 Å². The molecule has 0 saturated carbocycles. The van der Waals surface area contributed by atoms with E-state index in [1.807, 2.05) is 72.8 Å². The summed E-state index contributed by atoms with van der Waals surface area (Å²) in [5, 5.41) is 30.6. The highest BCUT2D eigenvalue weighted by Gasteiger charge is 2.17. The quantitative estimate of drug-likeness (QED) is 0.208. The van der Waals surface area contributed by atoms with Gasteiger partial charge in [-0.3, -0.25) is 0 Å². The Bertz CT molecular complexity index is 2290. The van der Waals surface area contributed by atoms with Gasteiger partial charge < -0.3 is 9.32 Å². The summed E-state index contributed by atoms with van der Waals surface area (Å²) in [6.07, 6.45) is 0. The van der Waals surface area contributed by atoms with Gasteiger partial charge in [-0.1, -0.05) is 72.8 Å². The Kier molecular flexibility index (Phi) is 6.57. The number of hydrogen-bond donors (Lipinski definition) is 0. The normalized spacial score (nSPS) is 10.7. The number of para-hydroxylation sites is 2. The minimum atomic E-state index is 0.317. The van der Waals surface area contributed by atoms with E-state index in [0.717, 1.165) is 61.3 Å². The third-order valence-electron chi connectivity index (χ3n) is 7.82. The van der Waals surface area contributed by atoms with Crippen molar-refractivity contribution < 1.29 is 4.42 Å². The molecular weight excluding hydrogens is 540 g/mol. The van der Waals surface area contributed by atoms with Gasteiger partial charge >= 0.3 is 0 Å². The summed E-state index contributed by atoms with van der Waals surface area (Å²) in [5.74, 6) is 0. The number of nitrogens with zero attached hydrogens (tertiary/aromatic N) is 4. The maximum absolute atomic E-state index is 9.75. The van der Waals surface area contributed by atoms with Crippen molar-refractivity contribution in [3.8, 4) is 40.5 Å². The number of furan rings is 1. The zero-order valence-corrected chi connectivity index (χ0v) is 23.4. The predicted molar refractivity (Wildman–Crippen MR) is 173 cm³/mol. The highest BCUT2D eigenvalue weighted by Crippen LogP contribution is 2.39.